The van der Waals surface area contributed by atoms with E-state index in [4.69, 9.17) is 4.74 Å². The maximum Gasteiger partial charge on any atom is 0.314 e. The number of aliphatic hydroxyl groups excluding tert-OH is 1. The van der Waals surface area contributed by atoms with Gasteiger partial charge in [-0.1, -0.05) is 48.5 Å². The summed E-state index contributed by atoms with van der Waals surface area (Å²) in [7, 11) is 0. The van der Waals surface area contributed by atoms with Crippen LogP contribution < -0.4 is 15.6 Å². The van der Waals surface area contributed by atoms with Crippen molar-refractivity contribution < 1.29 is 29.6 Å². The number of H-pyrrole nitrogens is 1. The van der Waals surface area contributed by atoms with Gasteiger partial charge in [0.1, 0.15) is 11.5 Å². The number of aliphatic hydroxyl groups is 1. The minimum atomic E-state index is -0.942. The Hall–Kier alpha value is -4.67. The number of aromatic nitrogens is 1. The van der Waals surface area contributed by atoms with Gasteiger partial charge in [0, 0.05) is 37.5 Å². The van der Waals surface area contributed by atoms with Gasteiger partial charge in [-0.05, 0) is 92.4 Å². The van der Waals surface area contributed by atoms with E-state index in [2.05, 4.69) is 16.4 Å². The topological polar surface area (TPSA) is 152 Å². The van der Waals surface area contributed by atoms with Gasteiger partial charge in [-0.2, -0.15) is 0 Å². The summed E-state index contributed by atoms with van der Waals surface area (Å²) in [5.41, 5.74) is 2.60. The van der Waals surface area contributed by atoms with Gasteiger partial charge in [-0.15, -0.1) is 0 Å². The van der Waals surface area contributed by atoms with Gasteiger partial charge in [0.15, 0.2) is 0 Å². The molecule has 0 radical (unpaired) electrons. The summed E-state index contributed by atoms with van der Waals surface area (Å²) in [6, 6.07) is 21.5. The molecule has 254 valence electrons. The zero-order valence-corrected chi connectivity index (χ0v) is 27.4. The lowest BCUT2D eigenvalue weighted by molar-refractivity contribution is -0.148. The van der Waals surface area contributed by atoms with Gasteiger partial charge in [0.25, 0.3) is 0 Å². The first-order valence-corrected chi connectivity index (χ1v) is 16.7. The third-order valence-corrected chi connectivity index (χ3v) is 9.43. The Morgan fingerprint density at radius 2 is 1.77 bits per heavy atom. The number of hydrogen-bond acceptors (Lipinski definition) is 7. The molecule has 1 atom stereocenters. The smallest absolute Gasteiger partial charge is 0.314 e. The summed E-state index contributed by atoms with van der Waals surface area (Å²) in [4.78, 5) is 41.3. The molecule has 3 aromatic carbocycles. The number of carboxylic acid groups (broad SMARTS) is 1. The van der Waals surface area contributed by atoms with Gasteiger partial charge in [-0.25, -0.2) is 0 Å². The number of fused-ring (bicyclic) bond motifs is 1. The third-order valence-electron chi connectivity index (χ3n) is 9.43. The molecule has 48 heavy (non-hydrogen) atoms. The molecular weight excluding hydrogens is 610 g/mol. The van der Waals surface area contributed by atoms with Crippen LogP contribution in [-0.4, -0.2) is 69.9 Å². The molecule has 4 aromatic rings. The highest BCUT2D eigenvalue weighted by Crippen LogP contribution is 2.36. The van der Waals surface area contributed by atoms with Crippen molar-refractivity contribution in [3.8, 4) is 11.5 Å². The summed E-state index contributed by atoms with van der Waals surface area (Å²) < 4.78 is 6.02. The van der Waals surface area contributed by atoms with Crippen LogP contribution in [0.25, 0.3) is 10.9 Å². The van der Waals surface area contributed by atoms with Crippen LogP contribution in [0.15, 0.2) is 77.6 Å². The number of carboxylic acids is 1. The molecule has 10 heteroatoms. The third kappa shape index (κ3) is 8.24. The van der Waals surface area contributed by atoms with Gasteiger partial charge in [0.05, 0.1) is 23.6 Å². The van der Waals surface area contributed by atoms with Crippen LogP contribution in [0.5, 0.6) is 11.5 Å². The number of ether oxygens (including phenoxy) is 1. The van der Waals surface area contributed by atoms with Crippen LogP contribution >= 0.6 is 0 Å². The molecule has 1 unspecified atom stereocenters. The van der Waals surface area contributed by atoms with Crippen LogP contribution in [0.2, 0.25) is 0 Å². The number of pyridine rings is 1. The fourth-order valence-corrected chi connectivity index (χ4v) is 6.57. The van der Waals surface area contributed by atoms with E-state index in [1.165, 1.54) is 12.1 Å². The van der Waals surface area contributed by atoms with E-state index in [1.54, 1.807) is 17.0 Å². The number of carbonyl (C=O) groups excluding carboxylic acids is 1. The molecule has 1 saturated heterocycles. The van der Waals surface area contributed by atoms with Crippen LogP contribution in [0.1, 0.15) is 66.9 Å². The molecule has 1 aliphatic heterocycles. The number of aliphatic carboxylic acids is 1. The van der Waals surface area contributed by atoms with Crippen molar-refractivity contribution in [2.75, 3.05) is 32.8 Å². The normalized spacial score (nSPS) is 14.9. The van der Waals surface area contributed by atoms with E-state index in [0.29, 0.717) is 68.4 Å². The number of unbranched alkanes of at least 4 members (excludes halogenated alkanes) is 2. The van der Waals surface area contributed by atoms with Gasteiger partial charge in [0.2, 0.25) is 11.5 Å². The molecular formula is C38H45N3O7. The second-order valence-electron chi connectivity index (χ2n) is 12.6. The minimum absolute atomic E-state index is 0.0304. The number of amides is 1. The molecule has 0 saturated carbocycles. The Balaban J connectivity index is 0.978. The molecule has 2 heterocycles. The van der Waals surface area contributed by atoms with E-state index in [0.717, 1.165) is 48.2 Å². The van der Waals surface area contributed by atoms with Crippen molar-refractivity contribution in [3.63, 3.8) is 0 Å². The fourth-order valence-electron chi connectivity index (χ4n) is 6.57. The number of aromatic hydroxyl groups is 1. The van der Waals surface area contributed by atoms with Crippen LogP contribution in [0, 0.1) is 6.92 Å². The number of aromatic amines is 1. The summed E-state index contributed by atoms with van der Waals surface area (Å²) >= 11 is 0. The van der Waals surface area contributed by atoms with Crippen molar-refractivity contribution in [1.82, 2.24) is 15.2 Å². The molecule has 1 amide bonds. The van der Waals surface area contributed by atoms with E-state index < -0.39 is 17.5 Å². The summed E-state index contributed by atoms with van der Waals surface area (Å²) in [5, 5.41) is 34.7. The largest absolute Gasteiger partial charge is 0.506 e. The van der Waals surface area contributed by atoms with E-state index >= 15 is 0 Å². The number of likely N-dealkylation sites (tertiary alicyclic amines) is 1. The van der Waals surface area contributed by atoms with Crippen molar-refractivity contribution in [1.29, 1.82) is 0 Å². The number of hydrogen-bond donors (Lipinski definition) is 5. The standard InChI is InChI=1S/C38H45N3O7/c1-26-24-27(11-17-35(45)41-21-18-38(19-22-41,37(46)47)28-8-4-2-5-9-28)10-15-33(26)48-23-7-3-6-20-39-25-32(43)29-12-14-31(42)36-30(29)13-16-34(44)40-36/h2,4-5,8-10,12-16,24,32,39,42-43H,3,6-7,11,17-23,25H2,1H3,(H,40,44)(H,46,47). The van der Waals surface area contributed by atoms with Crippen molar-refractivity contribution >= 4 is 22.8 Å². The number of piperidine rings is 1. The summed E-state index contributed by atoms with van der Waals surface area (Å²) in [6.07, 6.45) is 3.80. The van der Waals surface area contributed by atoms with E-state index in [-0.39, 0.29) is 17.2 Å². The molecule has 0 spiro atoms. The number of carbonyl (C=O) groups is 2. The maximum atomic E-state index is 13.0. The Morgan fingerprint density at radius 1 is 1.00 bits per heavy atom. The highest BCUT2D eigenvalue weighted by atomic mass is 16.5. The second kappa shape index (κ2) is 16.0. The Labute approximate surface area is 280 Å². The summed E-state index contributed by atoms with van der Waals surface area (Å²) in [6.45, 7) is 4.56. The SMILES string of the molecule is Cc1cc(CCC(=O)N2CCC(C(=O)O)(c3ccccc3)CC2)ccc1OCCCCCNCC(O)c1ccc(O)c2[nH]c(=O)ccc12. The minimum Gasteiger partial charge on any atom is -0.506 e. The number of nitrogens with one attached hydrogen (secondary N) is 2. The molecule has 1 aromatic heterocycles. The molecule has 10 nitrogen and oxygen atoms in total. The molecule has 1 fully saturated rings. The molecule has 5 rings (SSSR count). The number of benzene rings is 3. The number of phenols is 1. The lowest BCUT2D eigenvalue weighted by Gasteiger charge is -2.39. The Bertz CT molecular complexity index is 1760. The van der Waals surface area contributed by atoms with Crippen molar-refractivity contribution in [3.05, 3.63) is 105 Å². The first kappa shape index (κ1) is 34.7. The molecule has 1 aliphatic rings. The van der Waals surface area contributed by atoms with Gasteiger partial charge < -0.3 is 35.3 Å². The number of nitrogens with zero attached hydrogens (tertiary/aromatic N) is 1. The predicted octanol–water partition coefficient (Wildman–Crippen LogP) is 4.99. The predicted molar refractivity (Wildman–Crippen MR) is 184 cm³/mol. The lowest BCUT2D eigenvalue weighted by atomic mass is 9.73. The van der Waals surface area contributed by atoms with Crippen LogP contribution in [0.3, 0.4) is 0 Å². The van der Waals surface area contributed by atoms with Crippen molar-refractivity contribution in [2.45, 2.75) is 63.4 Å². The number of rotatable bonds is 15. The zero-order chi connectivity index (χ0) is 34.1. The highest BCUT2D eigenvalue weighted by Gasteiger charge is 2.43. The monoisotopic (exact) mass is 655 g/mol. The second-order valence-corrected chi connectivity index (χ2v) is 12.6. The summed E-state index contributed by atoms with van der Waals surface area (Å²) in [5.74, 6) is 0.0219. The maximum absolute atomic E-state index is 13.0. The van der Waals surface area contributed by atoms with Crippen LogP contribution in [0.4, 0.5) is 0 Å². The number of phenolic OH excluding ortho intramolecular Hbond substituents is 1. The van der Waals surface area contributed by atoms with E-state index in [1.807, 2.05) is 49.4 Å². The number of aryl methyl sites for hydroxylation is 2. The lowest BCUT2D eigenvalue weighted by Crippen LogP contribution is -2.49. The molecule has 0 bridgehead atoms. The first-order chi connectivity index (χ1) is 23.2. The van der Waals surface area contributed by atoms with Crippen LogP contribution in [-0.2, 0) is 21.4 Å². The van der Waals surface area contributed by atoms with E-state index in [9.17, 15) is 29.7 Å². The fraction of sp³-hybridized carbons (Fsp3) is 0.395. The van der Waals surface area contributed by atoms with Gasteiger partial charge >= 0.3 is 5.97 Å². The Kier molecular flexibility index (Phi) is 11.5. The quantitative estimate of drug-likeness (QED) is 0.112. The average Bonchev–Trinajstić information content (AvgIpc) is 3.09. The highest BCUT2D eigenvalue weighted by molar-refractivity contribution is 5.87. The van der Waals surface area contributed by atoms with Crippen molar-refractivity contribution in [2.24, 2.45) is 0 Å². The Morgan fingerprint density at radius 3 is 2.50 bits per heavy atom. The van der Waals surface area contributed by atoms with Gasteiger partial charge in [-0.3, -0.25) is 14.4 Å². The first-order valence-electron chi connectivity index (χ1n) is 16.7. The molecule has 0 aliphatic carbocycles. The molecule has 5 N–H and O–H groups in total. The zero-order valence-electron chi connectivity index (χ0n) is 27.4. The average molecular weight is 656 g/mol.